The van der Waals surface area contributed by atoms with Crippen molar-refractivity contribution < 1.29 is 15.4 Å². The number of aliphatic hydroxyl groups excluding tert-OH is 2. The molecule has 0 radical (unpaired) electrons. The predicted molar refractivity (Wildman–Crippen MR) is 109 cm³/mol. The Morgan fingerprint density at radius 3 is 1.27 bits per heavy atom. The Morgan fingerprint density at radius 2 is 1.04 bits per heavy atom. The molecular weight excluding hydrogens is 330 g/mol. The van der Waals surface area contributed by atoms with Crippen molar-refractivity contribution >= 4 is 11.4 Å². The number of hydroxylamine groups is 2. The van der Waals surface area contributed by atoms with Crippen molar-refractivity contribution in [3.05, 3.63) is 24.3 Å². The van der Waals surface area contributed by atoms with E-state index in [9.17, 15) is 0 Å². The zero-order chi connectivity index (χ0) is 20.1. The maximum atomic E-state index is 8.94. The second-order valence-corrected chi connectivity index (χ2v) is 6.64. The van der Waals surface area contributed by atoms with E-state index in [1.807, 2.05) is 0 Å². The van der Waals surface area contributed by atoms with Gasteiger partial charge in [-0.1, -0.05) is 27.7 Å². The largest absolute Gasteiger partial charge is 0.383 e. The molecule has 1 aromatic carbocycles. The molecule has 0 fully saturated rings. The van der Waals surface area contributed by atoms with Gasteiger partial charge in [0.05, 0.1) is 0 Å². The first-order chi connectivity index (χ1) is 12.3. The van der Waals surface area contributed by atoms with Crippen molar-refractivity contribution in [1.29, 1.82) is 0 Å². The molecule has 1 aromatic rings. The zero-order valence-corrected chi connectivity index (χ0v) is 17.2. The fourth-order valence-electron chi connectivity index (χ4n) is 2.01. The lowest BCUT2D eigenvalue weighted by Crippen LogP contribution is -2.39. The number of nitrogens with zero attached hydrogens (tertiary/aromatic N) is 1. The van der Waals surface area contributed by atoms with E-state index in [1.165, 1.54) is 11.4 Å². The molecule has 4 unspecified atom stereocenters. The quantitative estimate of drug-likeness (QED) is 0.313. The second-order valence-electron chi connectivity index (χ2n) is 6.64. The van der Waals surface area contributed by atoms with Crippen LogP contribution in [0.15, 0.2) is 24.3 Å². The topological polar surface area (TPSA) is 88.0 Å². The fourth-order valence-corrected chi connectivity index (χ4v) is 2.01. The van der Waals surface area contributed by atoms with Crippen LogP contribution < -0.4 is 10.6 Å². The Bertz CT molecular complexity index is 415. The van der Waals surface area contributed by atoms with Crippen molar-refractivity contribution in [2.24, 2.45) is 0 Å². The second kappa shape index (κ2) is 13.8. The molecule has 0 aliphatic rings. The molecule has 0 spiro atoms. The van der Waals surface area contributed by atoms with Crippen LogP contribution in [0.1, 0.15) is 67.2 Å². The summed E-state index contributed by atoms with van der Waals surface area (Å²) in [5.41, 5.74) is 2.40. The van der Waals surface area contributed by atoms with Gasteiger partial charge in [-0.2, -0.15) is 0 Å². The van der Waals surface area contributed by atoms with E-state index >= 15 is 0 Å². The highest BCUT2D eigenvalue weighted by molar-refractivity contribution is 5.54. The Balaban J connectivity index is 0.000000541. The molecule has 6 heteroatoms. The third-order valence-corrected chi connectivity index (χ3v) is 4.28. The van der Waals surface area contributed by atoms with Crippen LogP contribution in [0, 0.1) is 0 Å². The molecule has 5 N–H and O–H groups in total. The van der Waals surface area contributed by atoms with Gasteiger partial charge in [0.25, 0.3) is 0 Å². The SMILES string of the molecule is CCC(C)Nc1ccc(NC(C)CC)cc1.CCC(O)N(O)C(O)CC. The monoisotopic (exact) mass is 369 g/mol. The molecule has 4 atom stereocenters. The maximum absolute atomic E-state index is 8.94. The van der Waals surface area contributed by atoms with Crippen molar-refractivity contribution in [2.45, 2.75) is 91.8 Å². The Kier molecular flexibility index (Phi) is 13.1. The van der Waals surface area contributed by atoms with E-state index in [4.69, 9.17) is 15.4 Å². The highest BCUT2D eigenvalue weighted by Gasteiger charge is 2.17. The standard InChI is InChI=1S/C14H24N2.C6H15NO3/c1-5-11(3)15-13-7-9-14(10-8-13)16-12(4)6-2;1-3-5(8)7(10)6(9)4-2/h7-12,15-16H,5-6H2,1-4H3;5-6,8-10H,3-4H2,1-2H3. The van der Waals surface area contributed by atoms with Crippen molar-refractivity contribution in [2.75, 3.05) is 10.6 Å². The number of benzene rings is 1. The molecule has 26 heavy (non-hydrogen) atoms. The fraction of sp³-hybridized carbons (Fsp3) is 0.700. The van der Waals surface area contributed by atoms with Crippen LogP contribution in [0.3, 0.4) is 0 Å². The van der Waals surface area contributed by atoms with Gasteiger partial charge in [0.1, 0.15) is 12.5 Å². The number of rotatable bonds is 10. The number of anilines is 2. The van der Waals surface area contributed by atoms with Gasteiger partial charge in [0.2, 0.25) is 0 Å². The average molecular weight is 370 g/mol. The van der Waals surface area contributed by atoms with Gasteiger partial charge >= 0.3 is 0 Å². The summed E-state index contributed by atoms with van der Waals surface area (Å²) in [5.74, 6) is 0. The maximum Gasteiger partial charge on any atom is 0.132 e. The van der Waals surface area contributed by atoms with E-state index < -0.39 is 12.5 Å². The first-order valence-electron chi connectivity index (χ1n) is 9.75. The summed E-state index contributed by atoms with van der Waals surface area (Å²) in [6, 6.07) is 9.61. The molecule has 6 nitrogen and oxygen atoms in total. The summed E-state index contributed by atoms with van der Waals surface area (Å²) in [6.07, 6.45) is 1.16. The van der Waals surface area contributed by atoms with Crippen molar-refractivity contribution in [1.82, 2.24) is 5.06 Å². The summed E-state index contributed by atoms with van der Waals surface area (Å²) in [6.45, 7) is 12.2. The van der Waals surface area contributed by atoms with Crippen LogP contribution in [0.4, 0.5) is 11.4 Å². The molecule has 0 aliphatic heterocycles. The van der Waals surface area contributed by atoms with Crippen LogP contribution in [-0.4, -0.2) is 45.0 Å². The molecule has 0 saturated carbocycles. The Hall–Kier alpha value is -1.34. The third kappa shape index (κ3) is 9.97. The van der Waals surface area contributed by atoms with Crippen LogP contribution in [-0.2, 0) is 0 Å². The first-order valence-corrected chi connectivity index (χ1v) is 9.75. The summed E-state index contributed by atoms with van der Waals surface area (Å²) < 4.78 is 0. The first kappa shape index (κ1) is 24.7. The summed E-state index contributed by atoms with van der Waals surface area (Å²) in [5, 5.41) is 34.3. The van der Waals surface area contributed by atoms with Gasteiger partial charge in [-0.15, -0.1) is 5.06 Å². The lowest BCUT2D eigenvalue weighted by molar-refractivity contribution is -0.269. The normalized spacial score (nSPS) is 15.5. The number of hydrogen-bond acceptors (Lipinski definition) is 6. The summed E-state index contributed by atoms with van der Waals surface area (Å²) in [4.78, 5) is 0. The zero-order valence-electron chi connectivity index (χ0n) is 17.2. The summed E-state index contributed by atoms with van der Waals surface area (Å²) >= 11 is 0. The minimum Gasteiger partial charge on any atom is -0.383 e. The van der Waals surface area contributed by atoms with Gasteiger partial charge in [0.15, 0.2) is 0 Å². The number of aliphatic hydroxyl groups is 2. The molecule has 0 aliphatic carbocycles. The van der Waals surface area contributed by atoms with Crippen LogP contribution in [0.25, 0.3) is 0 Å². The molecule has 0 saturated heterocycles. The van der Waals surface area contributed by atoms with Crippen molar-refractivity contribution in [3.8, 4) is 0 Å². The average Bonchev–Trinajstić information content (AvgIpc) is 2.67. The van der Waals surface area contributed by atoms with Gasteiger partial charge in [-0.3, -0.25) is 0 Å². The van der Waals surface area contributed by atoms with E-state index in [-0.39, 0.29) is 0 Å². The Labute approximate surface area is 159 Å². The molecule has 0 bridgehead atoms. The Morgan fingerprint density at radius 1 is 0.731 bits per heavy atom. The molecule has 0 amide bonds. The molecule has 152 valence electrons. The van der Waals surface area contributed by atoms with E-state index in [0.717, 1.165) is 12.8 Å². The number of hydrogen-bond donors (Lipinski definition) is 5. The smallest absolute Gasteiger partial charge is 0.132 e. The van der Waals surface area contributed by atoms with E-state index in [1.54, 1.807) is 13.8 Å². The number of nitrogens with one attached hydrogen (secondary N) is 2. The predicted octanol–water partition coefficient (Wildman–Crippen LogP) is 4.24. The minimum absolute atomic E-state index is 0.396. The van der Waals surface area contributed by atoms with E-state index in [0.29, 0.717) is 30.0 Å². The molecule has 0 heterocycles. The van der Waals surface area contributed by atoms with Crippen molar-refractivity contribution in [3.63, 3.8) is 0 Å². The van der Waals surface area contributed by atoms with Crippen LogP contribution >= 0.6 is 0 Å². The molecule has 0 aromatic heterocycles. The molecule has 1 rings (SSSR count). The van der Waals surface area contributed by atoms with Gasteiger partial charge in [-0.25, -0.2) is 0 Å². The van der Waals surface area contributed by atoms with Gasteiger partial charge in [0, 0.05) is 23.5 Å². The molecular formula is C20H39N3O3. The van der Waals surface area contributed by atoms with Gasteiger partial charge in [-0.05, 0) is 63.8 Å². The minimum atomic E-state index is -0.963. The highest BCUT2D eigenvalue weighted by Crippen LogP contribution is 2.16. The van der Waals surface area contributed by atoms with Crippen LogP contribution in [0.5, 0.6) is 0 Å². The lowest BCUT2D eigenvalue weighted by atomic mass is 10.2. The highest BCUT2D eigenvalue weighted by atomic mass is 16.6. The lowest BCUT2D eigenvalue weighted by Gasteiger charge is -2.24. The third-order valence-electron chi connectivity index (χ3n) is 4.28. The van der Waals surface area contributed by atoms with Gasteiger partial charge < -0.3 is 26.1 Å². The van der Waals surface area contributed by atoms with E-state index in [2.05, 4.69) is 62.6 Å². The summed E-state index contributed by atoms with van der Waals surface area (Å²) in [7, 11) is 0. The van der Waals surface area contributed by atoms with Crippen LogP contribution in [0.2, 0.25) is 0 Å².